The largest absolute Gasteiger partial charge is 0.493 e. The van der Waals surface area contributed by atoms with Gasteiger partial charge in [-0.25, -0.2) is 0 Å². The minimum atomic E-state index is -0.815. The van der Waals surface area contributed by atoms with E-state index in [-0.39, 0.29) is 50.0 Å². The Morgan fingerprint density at radius 2 is 1.48 bits per heavy atom. The number of benzene rings is 4. The van der Waals surface area contributed by atoms with Gasteiger partial charge in [-0.05, 0) is 97.8 Å². The van der Waals surface area contributed by atoms with E-state index in [0.29, 0.717) is 34.2 Å². The van der Waals surface area contributed by atoms with Crippen LogP contribution in [0.4, 0.5) is 5.69 Å². The zero-order valence-electron chi connectivity index (χ0n) is 30.5. The van der Waals surface area contributed by atoms with E-state index in [9.17, 15) is 24.0 Å². The van der Waals surface area contributed by atoms with Gasteiger partial charge in [0, 0.05) is 29.8 Å². The molecule has 1 atom stereocenters. The number of carbonyl (C=O) groups excluding carboxylic acids is 5. The van der Waals surface area contributed by atoms with Crippen molar-refractivity contribution in [3.63, 3.8) is 0 Å². The highest BCUT2D eigenvalue weighted by atomic mass is 16.5. The monoisotopic (exact) mass is 736 g/mol. The van der Waals surface area contributed by atoms with E-state index >= 15 is 0 Å². The van der Waals surface area contributed by atoms with Gasteiger partial charge in [0.15, 0.2) is 24.7 Å². The fraction of sp³-hybridized carbons (Fsp3) is 0.293. The molecule has 0 aliphatic carbocycles. The highest BCUT2D eigenvalue weighted by Crippen LogP contribution is 2.28. The number of aryl methyl sites for hydroxylation is 2. The topological polar surface area (TPSA) is 170 Å². The van der Waals surface area contributed by atoms with Crippen molar-refractivity contribution in [1.82, 2.24) is 16.0 Å². The molecule has 1 fully saturated rings. The van der Waals surface area contributed by atoms with Gasteiger partial charge < -0.3 is 34.9 Å². The normalized spacial score (nSPS) is 13.6. The van der Waals surface area contributed by atoms with E-state index in [1.165, 1.54) is 0 Å². The molecule has 0 bridgehead atoms. The Hall–Kier alpha value is -6.37. The maximum absolute atomic E-state index is 12.9. The molecule has 5 amide bonds. The summed E-state index contributed by atoms with van der Waals surface area (Å²) < 4.78 is 22.2. The number of nitrogens with one attached hydrogen (secondary N) is 4. The van der Waals surface area contributed by atoms with Crippen molar-refractivity contribution in [1.29, 1.82) is 0 Å². The van der Waals surface area contributed by atoms with Crippen molar-refractivity contribution in [3.8, 4) is 23.0 Å². The van der Waals surface area contributed by atoms with Gasteiger partial charge in [-0.15, -0.1) is 0 Å². The predicted molar refractivity (Wildman–Crippen MR) is 201 cm³/mol. The zero-order valence-corrected chi connectivity index (χ0v) is 30.5. The van der Waals surface area contributed by atoms with Gasteiger partial charge in [0.05, 0.1) is 14.2 Å². The first-order valence-electron chi connectivity index (χ1n) is 17.6. The average molecular weight is 737 g/mol. The van der Waals surface area contributed by atoms with Crippen molar-refractivity contribution < 1.29 is 42.9 Å². The van der Waals surface area contributed by atoms with Crippen LogP contribution in [0.15, 0.2) is 84.9 Å². The van der Waals surface area contributed by atoms with Gasteiger partial charge in [-0.2, -0.15) is 0 Å². The predicted octanol–water partition coefficient (Wildman–Crippen LogP) is 4.44. The molecule has 1 heterocycles. The lowest BCUT2D eigenvalue weighted by molar-refractivity contribution is -0.134. The van der Waals surface area contributed by atoms with Crippen LogP contribution in [0.2, 0.25) is 0 Å². The number of ether oxygens (including phenoxy) is 4. The van der Waals surface area contributed by atoms with Crippen LogP contribution in [-0.2, 0) is 38.6 Å². The smallest absolute Gasteiger partial charge is 0.262 e. The van der Waals surface area contributed by atoms with Gasteiger partial charge in [-0.3, -0.25) is 29.3 Å². The highest BCUT2D eigenvalue weighted by molar-refractivity contribution is 6.04. The fourth-order valence-electron chi connectivity index (χ4n) is 5.91. The number of hydrogen-bond donors (Lipinski definition) is 4. The van der Waals surface area contributed by atoms with Crippen LogP contribution in [0.1, 0.15) is 51.9 Å². The molecule has 1 aliphatic rings. The number of piperidine rings is 1. The maximum Gasteiger partial charge on any atom is 0.262 e. The van der Waals surface area contributed by atoms with Crippen LogP contribution in [0, 0.1) is 6.92 Å². The molecule has 0 aromatic heterocycles. The molecular weight excluding hydrogens is 692 g/mol. The lowest BCUT2D eigenvalue weighted by atomic mass is 10.0. The molecule has 1 aliphatic heterocycles. The van der Waals surface area contributed by atoms with Gasteiger partial charge in [0.1, 0.15) is 17.5 Å². The summed E-state index contributed by atoms with van der Waals surface area (Å²) in [5.41, 5.74) is 4.33. The van der Waals surface area contributed by atoms with Crippen LogP contribution < -0.4 is 40.2 Å². The van der Waals surface area contributed by atoms with E-state index in [1.807, 2.05) is 48.5 Å². The maximum atomic E-state index is 12.9. The van der Waals surface area contributed by atoms with Crippen molar-refractivity contribution >= 4 is 35.2 Å². The second-order valence-electron chi connectivity index (χ2n) is 12.7. The third-order valence-electron chi connectivity index (χ3n) is 8.78. The minimum Gasteiger partial charge on any atom is -0.493 e. The van der Waals surface area contributed by atoms with Gasteiger partial charge in [0.2, 0.25) is 11.8 Å². The Morgan fingerprint density at radius 1 is 0.759 bits per heavy atom. The van der Waals surface area contributed by atoms with E-state index in [4.69, 9.17) is 18.9 Å². The standard InChI is InChI=1S/C41H44N4O9/c1-26-32(40(49)44-33-17-19-37(46)45-41(33)50)14-7-15-34(26)54-25-39(48)43-30-12-5-11-29(20-30)23-42-38(47)24-53-31-13-6-10-27(21-31)8-4-9-28-16-18-35(51-2)36(22-28)52-3/h5-7,10-16,18,20-22,33H,4,8-9,17,19,23-25H2,1-3H3,(H,42,47)(H,43,48)(H,44,49)(H,45,46,50). The van der Waals surface area contributed by atoms with Gasteiger partial charge in [0.25, 0.3) is 17.7 Å². The van der Waals surface area contributed by atoms with Crippen molar-refractivity contribution in [2.24, 2.45) is 0 Å². The average Bonchev–Trinajstić information content (AvgIpc) is 3.17. The number of amides is 5. The number of methoxy groups -OCH3 is 2. The van der Waals surface area contributed by atoms with Crippen molar-refractivity contribution in [3.05, 3.63) is 113 Å². The number of carbonyl (C=O) groups is 5. The Bertz CT molecular complexity index is 2000. The molecule has 54 heavy (non-hydrogen) atoms. The Morgan fingerprint density at radius 3 is 2.26 bits per heavy atom. The van der Waals surface area contributed by atoms with Gasteiger partial charge >= 0.3 is 0 Å². The van der Waals surface area contributed by atoms with Crippen molar-refractivity contribution in [2.75, 3.05) is 32.8 Å². The summed E-state index contributed by atoms with van der Waals surface area (Å²) in [6.07, 6.45) is 3.00. The molecule has 1 unspecified atom stereocenters. The van der Waals surface area contributed by atoms with E-state index < -0.39 is 23.8 Å². The molecule has 4 aromatic rings. The third-order valence-corrected chi connectivity index (χ3v) is 8.78. The first-order chi connectivity index (χ1) is 26.1. The molecule has 1 saturated heterocycles. The molecule has 13 heteroatoms. The molecule has 0 radical (unpaired) electrons. The molecule has 13 nitrogen and oxygen atoms in total. The Kier molecular flexibility index (Phi) is 13.6. The van der Waals surface area contributed by atoms with Crippen LogP contribution in [0.25, 0.3) is 0 Å². The first kappa shape index (κ1) is 38.9. The highest BCUT2D eigenvalue weighted by Gasteiger charge is 2.28. The molecular formula is C41H44N4O9. The second-order valence-corrected chi connectivity index (χ2v) is 12.7. The Labute approximate surface area is 313 Å². The van der Waals surface area contributed by atoms with Gasteiger partial charge in [-0.1, -0.05) is 36.4 Å². The lowest BCUT2D eigenvalue weighted by Gasteiger charge is -2.22. The second kappa shape index (κ2) is 18.9. The minimum absolute atomic E-state index is 0.141. The lowest BCUT2D eigenvalue weighted by Crippen LogP contribution is -2.52. The summed E-state index contributed by atoms with van der Waals surface area (Å²) in [5, 5.41) is 10.5. The van der Waals surface area contributed by atoms with E-state index in [1.54, 1.807) is 57.5 Å². The summed E-state index contributed by atoms with van der Waals surface area (Å²) in [7, 11) is 3.24. The molecule has 0 saturated carbocycles. The SMILES string of the molecule is COc1ccc(CCCc2cccc(OCC(=O)NCc3cccc(NC(=O)COc4cccc(C(=O)NC5CCC(=O)NC5=O)c4C)c3)c2)cc1OC. The molecule has 5 rings (SSSR count). The molecule has 0 spiro atoms. The van der Waals surface area contributed by atoms with Crippen LogP contribution >= 0.6 is 0 Å². The summed E-state index contributed by atoms with van der Waals surface area (Å²) >= 11 is 0. The van der Waals surface area contributed by atoms with Crippen LogP contribution in [0.3, 0.4) is 0 Å². The van der Waals surface area contributed by atoms with E-state index in [2.05, 4.69) is 21.3 Å². The zero-order chi connectivity index (χ0) is 38.5. The summed E-state index contributed by atoms with van der Waals surface area (Å²) in [4.78, 5) is 61.7. The summed E-state index contributed by atoms with van der Waals surface area (Å²) in [6.45, 7) is 1.43. The third kappa shape index (κ3) is 11.1. The number of rotatable bonds is 17. The van der Waals surface area contributed by atoms with Crippen LogP contribution in [-0.4, -0.2) is 63.0 Å². The molecule has 4 aromatic carbocycles. The van der Waals surface area contributed by atoms with Crippen molar-refractivity contribution in [2.45, 2.75) is 51.6 Å². The molecule has 282 valence electrons. The quantitative estimate of drug-likeness (QED) is 0.115. The number of imide groups is 1. The first-order valence-corrected chi connectivity index (χ1v) is 17.6. The molecule has 4 N–H and O–H groups in total. The number of anilines is 1. The Balaban J connectivity index is 1.03. The number of hydrogen-bond acceptors (Lipinski definition) is 9. The fourth-order valence-corrected chi connectivity index (χ4v) is 5.91. The summed E-state index contributed by atoms with van der Waals surface area (Å²) in [5.74, 6) is 0.226. The summed E-state index contributed by atoms with van der Waals surface area (Å²) in [6, 6.07) is 24.7. The van der Waals surface area contributed by atoms with E-state index in [0.717, 1.165) is 36.0 Å². The van der Waals surface area contributed by atoms with Crippen LogP contribution in [0.5, 0.6) is 23.0 Å².